The van der Waals surface area contributed by atoms with Crippen molar-refractivity contribution in [3.8, 4) is 0 Å². The first-order valence-corrected chi connectivity index (χ1v) is 37.4. The summed E-state index contributed by atoms with van der Waals surface area (Å²) in [4.78, 5) is 27.8. The van der Waals surface area contributed by atoms with E-state index >= 15 is 0 Å². The Morgan fingerprint density at radius 3 is 1.48 bits per heavy atom. The molecule has 0 unspecified atom stereocenters. The number of fused-ring (bicyclic) bond motifs is 4. The molecule has 8 N–H and O–H groups in total. The van der Waals surface area contributed by atoms with E-state index in [4.69, 9.17) is 47.4 Å². The summed E-state index contributed by atoms with van der Waals surface area (Å²) < 4.78 is 61.6. The molecular weight excluding hydrogens is 1260 g/mol. The van der Waals surface area contributed by atoms with E-state index in [-0.39, 0.29) is 86.0 Å². The van der Waals surface area contributed by atoms with Gasteiger partial charge in [0.1, 0.15) is 12.2 Å². The normalized spacial score (nSPS) is 42.3. The number of rotatable bonds is 14. The van der Waals surface area contributed by atoms with E-state index in [9.17, 15) is 50.4 Å². The number of allylic oxidation sites excluding steroid dienone is 4. The fourth-order valence-corrected chi connectivity index (χ4v) is 15.7. The lowest BCUT2D eigenvalue weighted by molar-refractivity contribution is -0.158. The van der Waals surface area contributed by atoms with E-state index in [1.807, 2.05) is 93.5 Å². The number of hydrogen-bond donors (Lipinski definition) is 8. The van der Waals surface area contributed by atoms with Gasteiger partial charge in [-0.1, -0.05) is 103 Å². The van der Waals surface area contributed by atoms with Crippen molar-refractivity contribution in [3.63, 3.8) is 0 Å². The minimum atomic E-state index is -1.16. The molecule has 0 aromatic heterocycles. The average Bonchev–Trinajstić information content (AvgIpc) is 0.850. The first-order valence-electron chi connectivity index (χ1n) is 37.4. The predicted molar refractivity (Wildman–Crippen MR) is 378 cm³/mol. The highest BCUT2D eigenvalue weighted by Crippen LogP contribution is 2.37. The van der Waals surface area contributed by atoms with Crippen LogP contribution in [0.5, 0.6) is 0 Å². The second kappa shape index (κ2) is 43.3. The number of aliphatic hydroxyl groups excluding tert-OH is 8. The number of carbonyl (C=O) groups is 2. The van der Waals surface area contributed by atoms with E-state index in [0.717, 1.165) is 50.5 Å². The van der Waals surface area contributed by atoms with Crippen LogP contribution in [0.15, 0.2) is 59.8 Å². The number of esters is 2. The summed E-state index contributed by atoms with van der Waals surface area (Å²) in [5.41, 5.74) is 1.43. The molecular formula is C78H134O20. The van der Waals surface area contributed by atoms with E-state index < -0.39 is 127 Å². The molecule has 0 radical (unpaired) electrons. The van der Waals surface area contributed by atoms with Crippen LogP contribution in [0.1, 0.15) is 212 Å². The summed E-state index contributed by atoms with van der Waals surface area (Å²) in [5, 5.41) is 94.2. The molecule has 566 valence electrons. The zero-order chi connectivity index (χ0) is 72.5. The number of cyclic esters (lactones) is 2. The van der Waals surface area contributed by atoms with Gasteiger partial charge < -0.3 is 88.2 Å². The van der Waals surface area contributed by atoms with Crippen molar-refractivity contribution in [1.29, 1.82) is 0 Å². The van der Waals surface area contributed by atoms with Gasteiger partial charge in [0.25, 0.3) is 0 Å². The van der Waals surface area contributed by atoms with Gasteiger partial charge in [-0.3, -0.25) is 0 Å². The van der Waals surface area contributed by atoms with Crippen LogP contribution in [0, 0.1) is 47.3 Å². The first-order chi connectivity index (χ1) is 46.4. The van der Waals surface area contributed by atoms with Crippen molar-refractivity contribution in [1.82, 2.24) is 0 Å². The second-order valence-corrected chi connectivity index (χ2v) is 30.7. The van der Waals surface area contributed by atoms with Gasteiger partial charge in [0.2, 0.25) is 0 Å². The van der Waals surface area contributed by atoms with Gasteiger partial charge in [-0.05, 0) is 149 Å². The minimum absolute atomic E-state index is 0.0279. The van der Waals surface area contributed by atoms with E-state index in [0.29, 0.717) is 69.8 Å². The van der Waals surface area contributed by atoms with Crippen LogP contribution < -0.4 is 0 Å². The van der Waals surface area contributed by atoms with Crippen LogP contribution >= 0.6 is 0 Å². The van der Waals surface area contributed by atoms with Crippen molar-refractivity contribution < 1.29 is 97.8 Å². The lowest BCUT2D eigenvalue weighted by Crippen LogP contribution is -2.45. The molecule has 0 aliphatic carbocycles. The standard InChI is InChI=1S/C78H134O20/c1-45-23-29-57(79)37-60-20-18-22-62(96-60)42-72(92-16)52(8)68(82)44-70(84)54(10)78(55(11)75(87)47(3)27-31-63-39-65(89-13)35-49(5)93-63)98-74(86)34-26-46(2)24-30-58(80)38-59-19-17-21-61(95-59)41-71(91-15)51(7)67(81)43-69(83)53(9)76(88)56(12)77(97-73(85)33-25-45)48(4)28-32-64-40-66(90-14)36-50(6)94-64/h18,20,23-26,33-34,47-72,75-84,87-88H,17,19,21-22,27-32,35-44H2,1-16H3/b33-25+,34-26+,45-23+,46-24+/t47-,48-,49-,50-,51-,52-,53-,54-,55-,56+,57-,58-,59-,60-,61+,62+,63-,64-,65+,66+,67-,68-,69+,70+,71-,72-,75-,76-,77-,78-/m0/s1. The molecule has 5 rings (SSSR count). The fraction of sp³-hybridized carbons (Fsp3) is 0.846. The Morgan fingerprint density at radius 1 is 0.490 bits per heavy atom. The third-order valence-electron chi connectivity index (χ3n) is 22.6. The zero-order valence-corrected chi connectivity index (χ0v) is 62.6. The van der Waals surface area contributed by atoms with Crippen LogP contribution in [-0.4, -0.2) is 216 Å². The third kappa shape index (κ3) is 28.2. The Kier molecular flexibility index (Phi) is 37.9. The smallest absolute Gasteiger partial charge is 0.331 e. The number of aliphatic hydroxyl groups is 8. The third-order valence-corrected chi connectivity index (χ3v) is 22.6. The van der Waals surface area contributed by atoms with Crippen LogP contribution in [0.4, 0.5) is 0 Å². The highest BCUT2D eigenvalue weighted by atomic mass is 16.6. The molecule has 98 heavy (non-hydrogen) atoms. The first kappa shape index (κ1) is 85.6. The minimum Gasteiger partial charge on any atom is -0.459 e. The van der Waals surface area contributed by atoms with Gasteiger partial charge >= 0.3 is 11.9 Å². The molecule has 3 fully saturated rings. The predicted octanol–water partition coefficient (Wildman–Crippen LogP) is 10.3. The molecule has 20 nitrogen and oxygen atoms in total. The van der Waals surface area contributed by atoms with Crippen LogP contribution in [0.3, 0.4) is 0 Å². The van der Waals surface area contributed by atoms with Crippen molar-refractivity contribution in [3.05, 3.63) is 59.8 Å². The summed E-state index contributed by atoms with van der Waals surface area (Å²) >= 11 is 0. The molecule has 30 atom stereocenters. The fourth-order valence-electron chi connectivity index (χ4n) is 15.7. The highest BCUT2D eigenvalue weighted by molar-refractivity contribution is 5.83. The summed E-state index contributed by atoms with van der Waals surface area (Å²) in [5.74, 6) is -5.34. The maximum absolute atomic E-state index is 13.9. The van der Waals surface area contributed by atoms with Crippen molar-refractivity contribution in [2.75, 3.05) is 28.4 Å². The number of methoxy groups -OCH3 is 4. The van der Waals surface area contributed by atoms with Crippen LogP contribution in [0.2, 0.25) is 0 Å². The molecule has 0 saturated carbocycles. The largest absolute Gasteiger partial charge is 0.459 e. The lowest BCUT2D eigenvalue weighted by atomic mass is 9.78. The Hall–Kier alpha value is -3.00. The molecule has 3 saturated heterocycles. The highest BCUT2D eigenvalue weighted by Gasteiger charge is 2.42. The van der Waals surface area contributed by atoms with E-state index in [2.05, 4.69) is 0 Å². The Labute approximate surface area is 588 Å². The number of ether oxygens (including phenoxy) is 10. The Balaban J connectivity index is 1.36. The van der Waals surface area contributed by atoms with Crippen molar-refractivity contribution in [2.24, 2.45) is 47.3 Å². The molecule has 0 spiro atoms. The monoisotopic (exact) mass is 1390 g/mol. The number of hydrogen-bond acceptors (Lipinski definition) is 20. The number of carbonyl (C=O) groups excluding carboxylic acids is 2. The van der Waals surface area contributed by atoms with Crippen LogP contribution in [0.25, 0.3) is 0 Å². The maximum atomic E-state index is 13.9. The lowest BCUT2D eigenvalue weighted by Gasteiger charge is -2.38. The Bertz CT molecular complexity index is 2440. The zero-order valence-electron chi connectivity index (χ0n) is 62.6. The summed E-state index contributed by atoms with van der Waals surface area (Å²) in [6, 6.07) is 0. The second-order valence-electron chi connectivity index (χ2n) is 30.7. The summed E-state index contributed by atoms with van der Waals surface area (Å²) in [6.07, 6.45) is 12.8. The van der Waals surface area contributed by atoms with Gasteiger partial charge in [0.15, 0.2) is 0 Å². The van der Waals surface area contributed by atoms with Gasteiger partial charge in [-0.2, -0.15) is 0 Å². The SMILES string of the molecule is CO[C@H]1C[C@H](CC[C@H](C)[C@H](O)[C@H](C)[C@H]2OC(=O)/C=C/C(C)=C/C[C@H](O)C[C@@H]3CCC[C@H](C[C@H](OC)[C@@H](C)[C@@H](O)C[C@@H](O)[C@H](C)[C@H](O)[C@@H](C)[C@H]([C@@H](C)CC[C@H]4C[C@H](OC)C[C@H](C)O4)OC(=O)/C=C/C(C)=C/C[C@H](O)C[C@@H]4C=CC[C@H](C[C@H](OC)[C@@H](C)[C@@H](O)C[C@@H](O)[C@@H]2C)O4)O3)O[C@@H](C)C1. The van der Waals surface area contributed by atoms with Crippen molar-refractivity contribution >= 4 is 11.9 Å². The van der Waals surface area contributed by atoms with Gasteiger partial charge in [0.05, 0.1) is 122 Å². The quantitative estimate of drug-likeness (QED) is 0.0592. The van der Waals surface area contributed by atoms with Crippen molar-refractivity contribution in [2.45, 2.75) is 346 Å². The topological polar surface area (TPSA) is 288 Å². The molecule has 20 heteroatoms. The molecule has 4 bridgehead atoms. The summed E-state index contributed by atoms with van der Waals surface area (Å²) in [7, 11) is 6.61. The Morgan fingerprint density at radius 2 is 0.959 bits per heavy atom. The molecule has 5 heterocycles. The molecule has 5 aliphatic heterocycles. The summed E-state index contributed by atoms with van der Waals surface area (Å²) in [6.45, 7) is 22.6. The maximum Gasteiger partial charge on any atom is 0.331 e. The molecule has 0 amide bonds. The van der Waals surface area contributed by atoms with Gasteiger partial charge in [0, 0.05) is 95.4 Å². The van der Waals surface area contributed by atoms with Gasteiger partial charge in [-0.15, -0.1) is 0 Å². The molecule has 0 aromatic carbocycles. The van der Waals surface area contributed by atoms with Crippen LogP contribution in [-0.2, 0) is 57.0 Å². The van der Waals surface area contributed by atoms with E-state index in [1.54, 1.807) is 54.4 Å². The molecule has 0 aromatic rings. The van der Waals surface area contributed by atoms with Gasteiger partial charge in [-0.25, -0.2) is 9.59 Å². The van der Waals surface area contributed by atoms with E-state index in [1.165, 1.54) is 12.2 Å². The molecule has 5 aliphatic rings. The average molecular weight is 1390 g/mol.